The Balaban J connectivity index is 2.32. The summed E-state index contributed by atoms with van der Waals surface area (Å²) in [6.45, 7) is 19.1. The second kappa shape index (κ2) is 7.49. The van der Waals surface area contributed by atoms with Gasteiger partial charge in [0.15, 0.2) is 0 Å². The van der Waals surface area contributed by atoms with Crippen molar-refractivity contribution in [1.82, 2.24) is 10.2 Å². The predicted octanol–water partition coefficient (Wildman–Crippen LogP) is 3.23. The van der Waals surface area contributed by atoms with Gasteiger partial charge in [0.05, 0.1) is 0 Å². The molecule has 2 nitrogen and oxygen atoms in total. The van der Waals surface area contributed by atoms with E-state index in [9.17, 15) is 0 Å². The normalized spacial score (nSPS) is 22.0. The Morgan fingerprint density at radius 3 is 2.17 bits per heavy atom. The van der Waals surface area contributed by atoms with Gasteiger partial charge in [0.25, 0.3) is 0 Å². The van der Waals surface area contributed by atoms with Gasteiger partial charge in [-0.25, -0.2) is 0 Å². The van der Waals surface area contributed by atoms with Gasteiger partial charge in [0, 0.05) is 19.1 Å². The Bertz CT molecular complexity index is 215. The van der Waals surface area contributed by atoms with Crippen molar-refractivity contribution in [3.05, 3.63) is 0 Å². The summed E-state index contributed by atoms with van der Waals surface area (Å²) < 4.78 is 0. The van der Waals surface area contributed by atoms with Gasteiger partial charge in [0.1, 0.15) is 0 Å². The maximum atomic E-state index is 3.58. The van der Waals surface area contributed by atoms with E-state index < -0.39 is 0 Å². The highest BCUT2D eigenvalue weighted by molar-refractivity contribution is 4.81. The Morgan fingerprint density at radius 1 is 1.06 bits per heavy atom. The van der Waals surface area contributed by atoms with Crippen molar-refractivity contribution < 1.29 is 0 Å². The highest BCUT2D eigenvalue weighted by atomic mass is 15.2. The first-order valence-corrected chi connectivity index (χ1v) is 7.85. The van der Waals surface area contributed by atoms with Crippen LogP contribution in [-0.4, -0.2) is 37.1 Å². The van der Waals surface area contributed by atoms with Crippen LogP contribution in [-0.2, 0) is 0 Å². The van der Waals surface area contributed by atoms with Gasteiger partial charge in [-0.05, 0) is 43.2 Å². The quantitative estimate of drug-likeness (QED) is 0.750. The van der Waals surface area contributed by atoms with Crippen LogP contribution >= 0.6 is 0 Å². The minimum absolute atomic E-state index is 0.623. The lowest BCUT2D eigenvalue weighted by atomic mass is 9.85. The summed E-state index contributed by atoms with van der Waals surface area (Å²) in [5.41, 5.74) is 0. The molecule has 1 aliphatic rings. The van der Waals surface area contributed by atoms with Gasteiger partial charge in [0.2, 0.25) is 0 Å². The molecule has 0 saturated carbocycles. The molecule has 0 aromatic heterocycles. The first kappa shape index (κ1) is 16.0. The maximum absolute atomic E-state index is 3.58. The number of likely N-dealkylation sites (tertiary alicyclic amines) is 1. The van der Waals surface area contributed by atoms with Gasteiger partial charge in [-0.2, -0.15) is 0 Å². The number of hydrogen-bond donors (Lipinski definition) is 1. The van der Waals surface area contributed by atoms with Crippen molar-refractivity contribution in [2.24, 2.45) is 23.7 Å². The molecular formula is C16H34N2. The van der Waals surface area contributed by atoms with Crippen LogP contribution in [0.1, 0.15) is 48.0 Å². The Kier molecular flexibility index (Phi) is 6.65. The first-order valence-electron chi connectivity index (χ1n) is 7.85. The molecule has 1 atom stereocenters. The van der Waals surface area contributed by atoms with E-state index in [-0.39, 0.29) is 0 Å². The molecule has 1 N–H and O–H groups in total. The summed E-state index contributed by atoms with van der Waals surface area (Å²) in [5, 5.41) is 3.58. The van der Waals surface area contributed by atoms with Crippen LogP contribution in [0.3, 0.4) is 0 Å². The highest BCUT2D eigenvalue weighted by Crippen LogP contribution is 2.25. The van der Waals surface area contributed by atoms with E-state index in [0.29, 0.717) is 6.04 Å². The van der Waals surface area contributed by atoms with Crippen LogP contribution < -0.4 is 5.32 Å². The number of rotatable bonds is 7. The molecular weight excluding hydrogens is 220 g/mol. The lowest BCUT2D eigenvalue weighted by molar-refractivity contribution is 0.186. The van der Waals surface area contributed by atoms with Crippen molar-refractivity contribution in [2.75, 3.05) is 26.2 Å². The zero-order valence-corrected chi connectivity index (χ0v) is 13.4. The van der Waals surface area contributed by atoms with E-state index in [2.05, 4.69) is 51.8 Å². The van der Waals surface area contributed by atoms with Crippen LogP contribution in [0.15, 0.2) is 0 Å². The second-order valence-corrected chi connectivity index (χ2v) is 7.13. The first-order chi connectivity index (χ1) is 8.40. The molecule has 1 saturated heterocycles. The van der Waals surface area contributed by atoms with E-state index in [0.717, 1.165) is 23.7 Å². The number of nitrogens with zero attached hydrogens (tertiary/aromatic N) is 1. The van der Waals surface area contributed by atoms with Gasteiger partial charge < -0.3 is 10.2 Å². The van der Waals surface area contributed by atoms with Crippen molar-refractivity contribution in [2.45, 2.75) is 54.0 Å². The second-order valence-electron chi connectivity index (χ2n) is 7.13. The maximum Gasteiger partial charge on any atom is 0.00224 e. The standard InChI is InChI=1S/C16H34N2/c1-12(2)16(13(3)4)11-18-8-7-15(10-18)9-17-14(5)6/h12-17H,7-11H2,1-6H3. The fraction of sp³-hybridized carbons (Fsp3) is 1.00. The van der Waals surface area contributed by atoms with Crippen LogP contribution in [0.4, 0.5) is 0 Å². The molecule has 108 valence electrons. The molecule has 0 aromatic carbocycles. The van der Waals surface area contributed by atoms with E-state index in [4.69, 9.17) is 0 Å². The van der Waals surface area contributed by atoms with Gasteiger partial charge in [-0.3, -0.25) is 0 Å². The van der Waals surface area contributed by atoms with Crippen molar-refractivity contribution in [3.8, 4) is 0 Å². The molecule has 2 heteroatoms. The van der Waals surface area contributed by atoms with Gasteiger partial charge in [-0.15, -0.1) is 0 Å². The Morgan fingerprint density at radius 2 is 1.67 bits per heavy atom. The largest absolute Gasteiger partial charge is 0.314 e. The number of hydrogen-bond acceptors (Lipinski definition) is 2. The van der Waals surface area contributed by atoms with E-state index in [1.54, 1.807) is 0 Å². The molecule has 0 aliphatic carbocycles. The predicted molar refractivity (Wildman–Crippen MR) is 80.9 cm³/mol. The fourth-order valence-corrected chi connectivity index (χ4v) is 3.14. The van der Waals surface area contributed by atoms with Crippen molar-refractivity contribution >= 4 is 0 Å². The SMILES string of the molecule is CC(C)NCC1CCN(CC(C(C)C)C(C)C)C1. The molecule has 1 aliphatic heterocycles. The summed E-state index contributed by atoms with van der Waals surface area (Å²) >= 11 is 0. The summed E-state index contributed by atoms with van der Waals surface area (Å²) in [6.07, 6.45) is 1.38. The minimum atomic E-state index is 0.623. The fourth-order valence-electron chi connectivity index (χ4n) is 3.14. The topological polar surface area (TPSA) is 15.3 Å². The van der Waals surface area contributed by atoms with Gasteiger partial charge >= 0.3 is 0 Å². The Labute approximate surface area is 115 Å². The zero-order chi connectivity index (χ0) is 13.7. The van der Waals surface area contributed by atoms with Crippen LogP contribution in [0, 0.1) is 23.7 Å². The lowest BCUT2D eigenvalue weighted by Crippen LogP contribution is -2.34. The van der Waals surface area contributed by atoms with Crippen LogP contribution in [0.2, 0.25) is 0 Å². The van der Waals surface area contributed by atoms with Crippen molar-refractivity contribution in [1.29, 1.82) is 0 Å². The number of nitrogens with one attached hydrogen (secondary N) is 1. The molecule has 18 heavy (non-hydrogen) atoms. The smallest absolute Gasteiger partial charge is 0.00224 e. The third kappa shape index (κ3) is 5.27. The average molecular weight is 254 g/mol. The molecule has 0 amide bonds. The molecule has 1 unspecified atom stereocenters. The van der Waals surface area contributed by atoms with Crippen LogP contribution in [0.25, 0.3) is 0 Å². The van der Waals surface area contributed by atoms with Gasteiger partial charge in [-0.1, -0.05) is 41.5 Å². The zero-order valence-electron chi connectivity index (χ0n) is 13.4. The molecule has 0 spiro atoms. The highest BCUT2D eigenvalue weighted by Gasteiger charge is 2.26. The van der Waals surface area contributed by atoms with E-state index in [1.807, 2.05) is 0 Å². The Hall–Kier alpha value is -0.0800. The molecule has 0 aromatic rings. The summed E-state index contributed by atoms with van der Waals surface area (Å²) in [5.74, 6) is 3.32. The molecule has 0 bridgehead atoms. The monoisotopic (exact) mass is 254 g/mol. The summed E-state index contributed by atoms with van der Waals surface area (Å²) in [4.78, 5) is 2.69. The summed E-state index contributed by atoms with van der Waals surface area (Å²) in [7, 11) is 0. The van der Waals surface area contributed by atoms with Crippen LogP contribution in [0.5, 0.6) is 0 Å². The molecule has 1 fully saturated rings. The summed E-state index contributed by atoms with van der Waals surface area (Å²) in [6, 6.07) is 0.623. The van der Waals surface area contributed by atoms with Crippen molar-refractivity contribution in [3.63, 3.8) is 0 Å². The van der Waals surface area contributed by atoms with E-state index >= 15 is 0 Å². The molecule has 1 rings (SSSR count). The third-order valence-corrected chi connectivity index (χ3v) is 4.37. The minimum Gasteiger partial charge on any atom is -0.314 e. The molecule has 1 heterocycles. The average Bonchev–Trinajstić information content (AvgIpc) is 2.70. The third-order valence-electron chi connectivity index (χ3n) is 4.37. The lowest BCUT2D eigenvalue weighted by Gasteiger charge is -2.29. The van der Waals surface area contributed by atoms with E-state index in [1.165, 1.54) is 32.6 Å². The molecule has 0 radical (unpaired) electrons.